The highest BCUT2D eigenvalue weighted by atomic mass is 16.5. The van der Waals surface area contributed by atoms with Gasteiger partial charge in [0.05, 0.1) is 5.56 Å². The number of ether oxygens (including phenoxy) is 1. The average Bonchev–Trinajstić information content (AvgIpc) is 2.12. The molecule has 0 amide bonds. The summed E-state index contributed by atoms with van der Waals surface area (Å²) in [7, 11) is 0. The van der Waals surface area contributed by atoms with Gasteiger partial charge >= 0.3 is 5.97 Å². The zero-order valence-corrected chi connectivity index (χ0v) is 6.36. The predicted molar refractivity (Wildman–Crippen MR) is 41.7 cm³/mol. The maximum absolute atomic E-state index is 11.1. The number of hydrogen-bond donors (Lipinski definition) is 1. The van der Waals surface area contributed by atoms with E-state index in [0.717, 1.165) is 0 Å². The second kappa shape index (κ2) is 2.60. The standard InChI is InChI=1S/C9H8O3/c10-8-5-12-9(11)7-4-2-1-3-6(7)8/h1-4,8,10H,5H2/t8-/m0/s1. The molecular weight excluding hydrogens is 156 g/mol. The summed E-state index contributed by atoms with van der Waals surface area (Å²) in [6.07, 6.45) is -0.668. The van der Waals surface area contributed by atoms with Crippen molar-refractivity contribution in [1.29, 1.82) is 0 Å². The molecule has 0 radical (unpaired) electrons. The molecule has 62 valence electrons. The first kappa shape index (κ1) is 7.31. The van der Waals surface area contributed by atoms with Crippen LogP contribution in [0.15, 0.2) is 24.3 Å². The zero-order chi connectivity index (χ0) is 8.55. The van der Waals surface area contributed by atoms with Gasteiger partial charge in [-0.3, -0.25) is 0 Å². The van der Waals surface area contributed by atoms with Gasteiger partial charge in [-0.05, 0) is 11.6 Å². The van der Waals surface area contributed by atoms with Crippen LogP contribution in [0.2, 0.25) is 0 Å². The van der Waals surface area contributed by atoms with Gasteiger partial charge in [-0.15, -0.1) is 0 Å². The summed E-state index contributed by atoms with van der Waals surface area (Å²) in [6, 6.07) is 6.93. The van der Waals surface area contributed by atoms with Crippen molar-refractivity contribution in [3.05, 3.63) is 35.4 Å². The van der Waals surface area contributed by atoms with Crippen LogP contribution in [0, 0.1) is 0 Å². The molecule has 1 aliphatic heterocycles. The predicted octanol–water partition coefficient (Wildman–Crippen LogP) is 0.890. The van der Waals surface area contributed by atoms with E-state index >= 15 is 0 Å². The van der Waals surface area contributed by atoms with E-state index in [1.165, 1.54) is 0 Å². The Balaban J connectivity index is 2.55. The van der Waals surface area contributed by atoms with Gasteiger partial charge in [0.1, 0.15) is 12.7 Å². The van der Waals surface area contributed by atoms with Crippen LogP contribution in [0.5, 0.6) is 0 Å². The molecule has 3 heteroatoms. The Labute approximate surface area is 69.6 Å². The van der Waals surface area contributed by atoms with Gasteiger partial charge in [0.15, 0.2) is 0 Å². The van der Waals surface area contributed by atoms with Crippen molar-refractivity contribution < 1.29 is 14.6 Å². The number of fused-ring (bicyclic) bond motifs is 1. The molecule has 1 aromatic carbocycles. The molecule has 1 atom stereocenters. The minimum Gasteiger partial charge on any atom is -0.459 e. The van der Waals surface area contributed by atoms with Gasteiger partial charge in [0.2, 0.25) is 0 Å². The highest BCUT2D eigenvalue weighted by Gasteiger charge is 2.24. The zero-order valence-electron chi connectivity index (χ0n) is 6.36. The molecular formula is C9H8O3. The van der Waals surface area contributed by atoms with Crippen molar-refractivity contribution in [1.82, 2.24) is 0 Å². The Morgan fingerprint density at radius 2 is 2.17 bits per heavy atom. The van der Waals surface area contributed by atoms with E-state index in [-0.39, 0.29) is 12.6 Å². The molecule has 0 aliphatic carbocycles. The third-order valence-corrected chi connectivity index (χ3v) is 1.91. The lowest BCUT2D eigenvalue weighted by Crippen LogP contribution is -2.21. The van der Waals surface area contributed by atoms with Crippen LogP contribution >= 0.6 is 0 Å². The minimum atomic E-state index is -0.668. The summed E-state index contributed by atoms with van der Waals surface area (Å²) >= 11 is 0. The smallest absolute Gasteiger partial charge is 0.338 e. The molecule has 0 fully saturated rings. The van der Waals surface area contributed by atoms with E-state index in [4.69, 9.17) is 4.74 Å². The third kappa shape index (κ3) is 0.987. The topological polar surface area (TPSA) is 46.5 Å². The lowest BCUT2D eigenvalue weighted by molar-refractivity contribution is 0.0167. The Morgan fingerprint density at radius 3 is 2.92 bits per heavy atom. The number of aliphatic hydroxyl groups excluding tert-OH is 1. The maximum atomic E-state index is 11.1. The molecule has 1 aromatic rings. The van der Waals surface area contributed by atoms with Crippen molar-refractivity contribution in [2.75, 3.05) is 6.61 Å². The number of hydrogen-bond acceptors (Lipinski definition) is 3. The Hall–Kier alpha value is -1.35. The molecule has 1 N–H and O–H groups in total. The van der Waals surface area contributed by atoms with Crippen molar-refractivity contribution in [2.45, 2.75) is 6.10 Å². The molecule has 0 saturated carbocycles. The van der Waals surface area contributed by atoms with Gasteiger partial charge < -0.3 is 9.84 Å². The highest BCUT2D eigenvalue weighted by Crippen LogP contribution is 2.23. The monoisotopic (exact) mass is 164 g/mol. The number of rotatable bonds is 0. The van der Waals surface area contributed by atoms with E-state index in [9.17, 15) is 9.90 Å². The SMILES string of the molecule is O=C1OC[C@H](O)c2ccccc21. The first-order valence-electron chi connectivity index (χ1n) is 3.73. The van der Waals surface area contributed by atoms with Crippen molar-refractivity contribution in [3.8, 4) is 0 Å². The van der Waals surface area contributed by atoms with Gasteiger partial charge in [0.25, 0.3) is 0 Å². The van der Waals surface area contributed by atoms with Crippen molar-refractivity contribution in [2.24, 2.45) is 0 Å². The van der Waals surface area contributed by atoms with Crippen LogP contribution in [0.25, 0.3) is 0 Å². The van der Waals surface area contributed by atoms with E-state index in [2.05, 4.69) is 0 Å². The fourth-order valence-electron chi connectivity index (χ4n) is 1.30. The number of benzene rings is 1. The van der Waals surface area contributed by atoms with Gasteiger partial charge in [0, 0.05) is 0 Å². The maximum Gasteiger partial charge on any atom is 0.338 e. The lowest BCUT2D eigenvalue weighted by atomic mass is 10.0. The van der Waals surface area contributed by atoms with Crippen LogP contribution in [-0.4, -0.2) is 17.7 Å². The van der Waals surface area contributed by atoms with Gasteiger partial charge in [-0.25, -0.2) is 4.79 Å². The first-order chi connectivity index (χ1) is 5.79. The van der Waals surface area contributed by atoms with E-state index in [1.807, 2.05) is 0 Å². The van der Waals surface area contributed by atoms with Gasteiger partial charge in [-0.1, -0.05) is 18.2 Å². The molecule has 0 aromatic heterocycles. The summed E-state index contributed by atoms with van der Waals surface area (Å²) in [5.41, 5.74) is 1.13. The number of carbonyl (C=O) groups excluding carboxylic acids is 1. The second-order valence-corrected chi connectivity index (χ2v) is 2.70. The van der Waals surface area contributed by atoms with Crippen LogP contribution in [0.1, 0.15) is 22.0 Å². The molecule has 12 heavy (non-hydrogen) atoms. The summed E-state index contributed by atoms with van der Waals surface area (Å²) in [4.78, 5) is 11.1. The molecule has 2 rings (SSSR count). The average molecular weight is 164 g/mol. The summed E-state index contributed by atoms with van der Waals surface area (Å²) in [5, 5.41) is 9.40. The van der Waals surface area contributed by atoms with E-state index < -0.39 is 6.10 Å². The quantitative estimate of drug-likeness (QED) is 0.579. The molecule has 0 spiro atoms. The summed E-state index contributed by atoms with van der Waals surface area (Å²) < 4.78 is 4.73. The normalized spacial score (nSPS) is 21.4. The molecule has 1 aliphatic rings. The number of esters is 1. The molecule has 0 unspecified atom stereocenters. The number of carbonyl (C=O) groups is 1. The Bertz CT molecular complexity index is 319. The second-order valence-electron chi connectivity index (χ2n) is 2.70. The largest absolute Gasteiger partial charge is 0.459 e. The molecule has 1 heterocycles. The minimum absolute atomic E-state index is 0.0653. The van der Waals surface area contributed by atoms with Crippen molar-refractivity contribution in [3.63, 3.8) is 0 Å². The van der Waals surface area contributed by atoms with E-state index in [1.54, 1.807) is 24.3 Å². The molecule has 3 nitrogen and oxygen atoms in total. The third-order valence-electron chi connectivity index (χ3n) is 1.91. The van der Waals surface area contributed by atoms with Crippen LogP contribution < -0.4 is 0 Å². The van der Waals surface area contributed by atoms with Crippen LogP contribution in [0.3, 0.4) is 0 Å². The summed E-state index contributed by atoms with van der Waals surface area (Å²) in [6.45, 7) is 0.0653. The molecule has 0 saturated heterocycles. The van der Waals surface area contributed by atoms with Crippen LogP contribution in [0.4, 0.5) is 0 Å². The van der Waals surface area contributed by atoms with Crippen LogP contribution in [-0.2, 0) is 4.74 Å². The first-order valence-corrected chi connectivity index (χ1v) is 3.73. The lowest BCUT2D eigenvalue weighted by Gasteiger charge is -2.20. The highest BCUT2D eigenvalue weighted by molar-refractivity contribution is 5.92. The fraction of sp³-hybridized carbons (Fsp3) is 0.222. The number of aliphatic hydroxyl groups is 1. The van der Waals surface area contributed by atoms with Crippen molar-refractivity contribution >= 4 is 5.97 Å². The summed E-state index contributed by atoms with van der Waals surface area (Å²) in [5.74, 6) is -0.351. The van der Waals surface area contributed by atoms with Gasteiger partial charge in [-0.2, -0.15) is 0 Å². The Kier molecular flexibility index (Phi) is 1.59. The fourth-order valence-corrected chi connectivity index (χ4v) is 1.30. The molecule has 0 bridgehead atoms. The number of cyclic esters (lactones) is 1. The Morgan fingerprint density at radius 1 is 1.42 bits per heavy atom. The van der Waals surface area contributed by atoms with E-state index in [0.29, 0.717) is 11.1 Å².